The van der Waals surface area contributed by atoms with Crippen LogP contribution in [-0.2, 0) is 0 Å². The molecule has 13 heavy (non-hydrogen) atoms. The Labute approximate surface area is 99.6 Å². The van der Waals surface area contributed by atoms with E-state index in [1.807, 2.05) is 0 Å². The van der Waals surface area contributed by atoms with Crippen molar-refractivity contribution in [1.82, 2.24) is 0 Å². The van der Waals surface area contributed by atoms with Gasteiger partial charge >= 0.3 is 0 Å². The summed E-state index contributed by atoms with van der Waals surface area (Å²) in [6.45, 7) is 7.16. The standard InChI is InChI=1S/C11H21N.HI/c1-4-10(2)11-7-5-6-8-12(3)9-11;/h4,11H,5-9H2,1-3H3;1H/b10-4+;/t11-;/m0./s1. The minimum Gasteiger partial charge on any atom is -1.00 e. The molecule has 2 atom stereocenters. The van der Waals surface area contributed by atoms with Crippen LogP contribution in [0.3, 0.4) is 0 Å². The highest BCUT2D eigenvalue weighted by molar-refractivity contribution is 5.01. The molecule has 0 radical (unpaired) electrons. The molecule has 1 unspecified atom stereocenters. The molecule has 1 fully saturated rings. The van der Waals surface area contributed by atoms with Crippen molar-refractivity contribution in [2.75, 3.05) is 20.1 Å². The topological polar surface area (TPSA) is 4.44 Å². The lowest BCUT2D eigenvalue weighted by Gasteiger charge is -2.17. The quantitative estimate of drug-likeness (QED) is 0.433. The van der Waals surface area contributed by atoms with Crippen molar-refractivity contribution in [3.63, 3.8) is 0 Å². The van der Waals surface area contributed by atoms with Crippen molar-refractivity contribution in [1.29, 1.82) is 0 Å². The van der Waals surface area contributed by atoms with Crippen molar-refractivity contribution >= 4 is 0 Å². The number of nitrogens with one attached hydrogen (secondary N) is 1. The smallest absolute Gasteiger partial charge is 0.0835 e. The van der Waals surface area contributed by atoms with E-state index in [-0.39, 0.29) is 24.0 Å². The molecule has 1 saturated heterocycles. The molecule has 1 heterocycles. The lowest BCUT2D eigenvalue weighted by atomic mass is 9.95. The third-order valence-corrected chi connectivity index (χ3v) is 3.10. The maximum Gasteiger partial charge on any atom is 0.0835 e. The molecule has 2 heteroatoms. The van der Waals surface area contributed by atoms with Crippen molar-refractivity contribution in [3.05, 3.63) is 11.6 Å². The summed E-state index contributed by atoms with van der Waals surface area (Å²) in [7, 11) is 2.32. The third kappa shape index (κ3) is 4.45. The monoisotopic (exact) mass is 295 g/mol. The Hall–Kier alpha value is 0.430. The van der Waals surface area contributed by atoms with Gasteiger partial charge in [-0.15, -0.1) is 0 Å². The molecule has 0 aromatic heterocycles. The zero-order valence-corrected chi connectivity index (χ0v) is 11.2. The summed E-state index contributed by atoms with van der Waals surface area (Å²) in [6, 6.07) is 0. The van der Waals surface area contributed by atoms with Gasteiger partial charge in [-0.1, -0.05) is 11.6 Å². The van der Waals surface area contributed by atoms with Gasteiger partial charge in [0, 0.05) is 5.92 Å². The normalized spacial score (nSPS) is 30.5. The molecule has 0 bridgehead atoms. The highest BCUT2D eigenvalue weighted by atomic mass is 127. The van der Waals surface area contributed by atoms with Gasteiger partial charge in [0.1, 0.15) is 0 Å². The van der Waals surface area contributed by atoms with E-state index < -0.39 is 0 Å². The predicted molar refractivity (Wildman–Crippen MR) is 53.4 cm³/mol. The summed E-state index contributed by atoms with van der Waals surface area (Å²) in [5.74, 6) is 0.859. The molecule has 1 aliphatic heterocycles. The van der Waals surface area contributed by atoms with Crippen LogP contribution in [0.1, 0.15) is 33.1 Å². The summed E-state index contributed by atoms with van der Waals surface area (Å²) in [5.41, 5.74) is 1.59. The summed E-state index contributed by atoms with van der Waals surface area (Å²) in [5, 5.41) is 0. The number of quaternary nitrogens is 1. The largest absolute Gasteiger partial charge is 1.00 e. The first-order chi connectivity index (χ1) is 5.74. The van der Waals surface area contributed by atoms with Gasteiger partial charge in [0.15, 0.2) is 0 Å². The molecule has 0 aromatic carbocycles. The predicted octanol–water partition coefficient (Wildman–Crippen LogP) is -1.73. The van der Waals surface area contributed by atoms with Gasteiger partial charge in [0.25, 0.3) is 0 Å². The third-order valence-electron chi connectivity index (χ3n) is 3.10. The Balaban J connectivity index is 0.00000144. The van der Waals surface area contributed by atoms with Gasteiger partial charge in [-0.3, -0.25) is 0 Å². The van der Waals surface area contributed by atoms with Gasteiger partial charge in [-0.25, -0.2) is 0 Å². The zero-order chi connectivity index (χ0) is 8.97. The van der Waals surface area contributed by atoms with E-state index in [1.54, 1.807) is 10.5 Å². The fourth-order valence-corrected chi connectivity index (χ4v) is 2.07. The number of halogens is 1. The van der Waals surface area contributed by atoms with Gasteiger partial charge in [0.2, 0.25) is 0 Å². The maximum atomic E-state index is 2.32. The SMILES string of the molecule is C/C=C(\C)[C@H]1CCCC[NH+](C)C1.[I-]. The van der Waals surface area contributed by atoms with E-state index in [0.29, 0.717) is 0 Å². The van der Waals surface area contributed by atoms with Gasteiger partial charge in [0.05, 0.1) is 20.1 Å². The van der Waals surface area contributed by atoms with Crippen LogP contribution in [0.15, 0.2) is 11.6 Å². The first kappa shape index (κ1) is 13.4. The van der Waals surface area contributed by atoms with E-state index in [0.717, 1.165) is 5.92 Å². The fourth-order valence-electron chi connectivity index (χ4n) is 2.07. The van der Waals surface area contributed by atoms with Crippen LogP contribution < -0.4 is 28.9 Å². The number of rotatable bonds is 1. The average Bonchev–Trinajstić information content (AvgIpc) is 2.28. The Kier molecular flexibility index (Phi) is 7.05. The number of likely N-dealkylation sites (tertiary alicyclic amines) is 1. The van der Waals surface area contributed by atoms with Crippen LogP contribution in [-0.4, -0.2) is 20.1 Å². The van der Waals surface area contributed by atoms with Gasteiger partial charge in [-0.05, 0) is 33.1 Å². The van der Waals surface area contributed by atoms with Crippen molar-refractivity contribution in [3.8, 4) is 0 Å². The minimum absolute atomic E-state index is 0. The van der Waals surface area contributed by atoms with Crippen LogP contribution >= 0.6 is 0 Å². The second-order valence-electron chi connectivity index (χ2n) is 4.14. The molecular formula is C11H22IN. The average molecular weight is 295 g/mol. The molecule has 0 amide bonds. The summed E-state index contributed by atoms with van der Waals surface area (Å²) in [6.07, 6.45) is 6.53. The molecule has 1 rings (SSSR count). The summed E-state index contributed by atoms with van der Waals surface area (Å²) >= 11 is 0. The maximum absolute atomic E-state index is 2.32. The molecule has 0 spiro atoms. The first-order valence-corrected chi connectivity index (χ1v) is 5.18. The number of hydrogen-bond acceptors (Lipinski definition) is 0. The van der Waals surface area contributed by atoms with Crippen molar-refractivity contribution < 1.29 is 28.9 Å². The molecular weight excluding hydrogens is 273 g/mol. The van der Waals surface area contributed by atoms with Crippen LogP contribution in [0.2, 0.25) is 0 Å². The lowest BCUT2D eigenvalue weighted by molar-refractivity contribution is -0.881. The van der Waals surface area contributed by atoms with E-state index in [9.17, 15) is 0 Å². The Morgan fingerprint density at radius 3 is 2.69 bits per heavy atom. The molecule has 0 aromatic rings. The fraction of sp³-hybridized carbons (Fsp3) is 0.818. The number of hydrogen-bond donors (Lipinski definition) is 1. The molecule has 1 N–H and O–H groups in total. The zero-order valence-electron chi connectivity index (χ0n) is 9.07. The lowest BCUT2D eigenvalue weighted by Crippen LogP contribution is -3.09. The van der Waals surface area contributed by atoms with Gasteiger partial charge < -0.3 is 28.9 Å². The van der Waals surface area contributed by atoms with Crippen LogP contribution in [0.5, 0.6) is 0 Å². The van der Waals surface area contributed by atoms with E-state index in [2.05, 4.69) is 27.0 Å². The van der Waals surface area contributed by atoms with Crippen molar-refractivity contribution in [2.24, 2.45) is 5.92 Å². The van der Waals surface area contributed by atoms with E-state index >= 15 is 0 Å². The first-order valence-electron chi connectivity index (χ1n) is 5.18. The highest BCUT2D eigenvalue weighted by Crippen LogP contribution is 2.17. The van der Waals surface area contributed by atoms with Gasteiger partial charge in [-0.2, -0.15) is 0 Å². The molecule has 1 nitrogen and oxygen atoms in total. The van der Waals surface area contributed by atoms with E-state index in [4.69, 9.17) is 0 Å². The molecule has 0 aliphatic carbocycles. The molecule has 78 valence electrons. The molecule has 1 aliphatic rings. The Morgan fingerprint density at radius 2 is 2.08 bits per heavy atom. The number of allylic oxidation sites excluding steroid dienone is 1. The Morgan fingerprint density at radius 1 is 1.38 bits per heavy atom. The molecule has 0 saturated carbocycles. The highest BCUT2D eigenvalue weighted by Gasteiger charge is 2.18. The minimum atomic E-state index is 0. The second kappa shape index (κ2) is 6.82. The summed E-state index contributed by atoms with van der Waals surface area (Å²) in [4.78, 5) is 1.71. The Bertz CT molecular complexity index is 165. The van der Waals surface area contributed by atoms with Crippen LogP contribution in [0.25, 0.3) is 0 Å². The van der Waals surface area contributed by atoms with Crippen LogP contribution in [0.4, 0.5) is 0 Å². The second-order valence-corrected chi connectivity index (χ2v) is 4.14. The van der Waals surface area contributed by atoms with Crippen molar-refractivity contribution in [2.45, 2.75) is 33.1 Å². The van der Waals surface area contributed by atoms with Crippen LogP contribution in [0, 0.1) is 5.92 Å². The summed E-state index contributed by atoms with van der Waals surface area (Å²) < 4.78 is 0. The van der Waals surface area contributed by atoms with E-state index in [1.165, 1.54) is 32.4 Å².